The van der Waals surface area contributed by atoms with Crippen LogP contribution in [0.25, 0.3) is 0 Å². The maximum atomic E-state index is 11.5. The van der Waals surface area contributed by atoms with Crippen molar-refractivity contribution in [3.05, 3.63) is 27.1 Å². The van der Waals surface area contributed by atoms with Crippen LogP contribution in [0.4, 0.5) is 0 Å². The van der Waals surface area contributed by atoms with Crippen LogP contribution in [0.15, 0.2) is 27.1 Å². The first-order valence-corrected chi connectivity index (χ1v) is 7.13. The van der Waals surface area contributed by atoms with Crippen LogP contribution in [-0.4, -0.2) is 44.0 Å². The van der Waals surface area contributed by atoms with Gasteiger partial charge in [0.15, 0.2) is 6.61 Å². The van der Waals surface area contributed by atoms with Crippen LogP contribution < -0.4 is 10.1 Å². The van der Waals surface area contributed by atoms with Crippen molar-refractivity contribution in [2.24, 2.45) is 0 Å². The average Bonchev–Trinajstić information content (AvgIpc) is 2.35. The molecule has 1 atom stereocenters. The summed E-state index contributed by atoms with van der Waals surface area (Å²) in [6, 6.07) is 5.40. The molecule has 0 fully saturated rings. The highest BCUT2D eigenvalue weighted by Gasteiger charge is 2.08. The Morgan fingerprint density at radius 1 is 1.47 bits per heavy atom. The van der Waals surface area contributed by atoms with Crippen molar-refractivity contribution in [1.82, 2.24) is 5.32 Å². The van der Waals surface area contributed by atoms with E-state index in [1.54, 1.807) is 6.07 Å². The molecule has 0 aromatic heterocycles. The summed E-state index contributed by atoms with van der Waals surface area (Å²) in [5, 5.41) is 11.9. The van der Waals surface area contributed by atoms with Gasteiger partial charge in [-0.05, 0) is 34.1 Å². The zero-order valence-corrected chi connectivity index (χ0v) is 13.5. The Bertz CT molecular complexity index is 428. The fraction of sp³-hybridized carbons (Fsp3) is 0.417. The lowest BCUT2D eigenvalue weighted by Crippen LogP contribution is -2.37. The first-order chi connectivity index (χ1) is 9.02. The molecular formula is C12H15Br2NO4. The van der Waals surface area contributed by atoms with Gasteiger partial charge in [0.2, 0.25) is 0 Å². The van der Waals surface area contributed by atoms with Crippen LogP contribution in [0.5, 0.6) is 5.75 Å². The number of rotatable bonds is 7. The van der Waals surface area contributed by atoms with E-state index in [0.717, 1.165) is 8.95 Å². The SMILES string of the molecule is COCC(O)CNC(=O)COc1ccc(Br)cc1Br. The number of hydrogen-bond acceptors (Lipinski definition) is 4. The molecule has 0 aliphatic heterocycles. The normalized spacial score (nSPS) is 12.0. The van der Waals surface area contributed by atoms with Crippen molar-refractivity contribution in [1.29, 1.82) is 0 Å². The first-order valence-electron chi connectivity index (χ1n) is 5.54. The molecule has 1 unspecified atom stereocenters. The fourth-order valence-corrected chi connectivity index (χ4v) is 2.43. The lowest BCUT2D eigenvalue weighted by molar-refractivity contribution is -0.123. The molecule has 0 heterocycles. The van der Waals surface area contributed by atoms with Gasteiger partial charge in [-0.2, -0.15) is 0 Å². The minimum Gasteiger partial charge on any atom is -0.483 e. The molecule has 1 aromatic rings. The third-order valence-corrected chi connectivity index (χ3v) is 3.26. The van der Waals surface area contributed by atoms with Crippen molar-refractivity contribution in [2.45, 2.75) is 6.10 Å². The van der Waals surface area contributed by atoms with Crippen molar-refractivity contribution in [3.63, 3.8) is 0 Å². The maximum absolute atomic E-state index is 11.5. The van der Waals surface area contributed by atoms with Crippen molar-refractivity contribution in [2.75, 3.05) is 26.9 Å². The number of methoxy groups -OCH3 is 1. The van der Waals surface area contributed by atoms with Gasteiger partial charge in [-0.15, -0.1) is 0 Å². The zero-order valence-electron chi connectivity index (χ0n) is 10.4. The molecule has 1 aromatic carbocycles. The summed E-state index contributed by atoms with van der Waals surface area (Å²) in [5.41, 5.74) is 0. The van der Waals surface area contributed by atoms with E-state index in [1.807, 2.05) is 12.1 Å². The van der Waals surface area contributed by atoms with Crippen LogP contribution in [0.1, 0.15) is 0 Å². The molecule has 7 heteroatoms. The summed E-state index contributed by atoms with van der Waals surface area (Å²) in [5.74, 6) is 0.278. The van der Waals surface area contributed by atoms with Crippen LogP contribution in [-0.2, 0) is 9.53 Å². The number of carbonyl (C=O) groups is 1. The van der Waals surface area contributed by atoms with Gasteiger partial charge in [0.1, 0.15) is 5.75 Å². The minimum atomic E-state index is -0.714. The molecule has 0 aliphatic rings. The molecule has 0 bridgehead atoms. The molecule has 0 spiro atoms. The van der Waals surface area contributed by atoms with Gasteiger partial charge in [0.25, 0.3) is 5.91 Å². The summed E-state index contributed by atoms with van der Waals surface area (Å²) in [6.45, 7) is 0.205. The monoisotopic (exact) mass is 395 g/mol. The number of ether oxygens (including phenoxy) is 2. The number of nitrogens with one attached hydrogen (secondary N) is 1. The number of hydrogen-bond donors (Lipinski definition) is 2. The molecule has 5 nitrogen and oxygen atoms in total. The van der Waals surface area contributed by atoms with E-state index in [-0.39, 0.29) is 25.7 Å². The molecule has 1 amide bonds. The smallest absolute Gasteiger partial charge is 0.258 e. The van der Waals surface area contributed by atoms with Gasteiger partial charge >= 0.3 is 0 Å². The Morgan fingerprint density at radius 3 is 2.84 bits per heavy atom. The second kappa shape index (κ2) is 8.52. The number of aliphatic hydroxyl groups is 1. The first kappa shape index (κ1) is 16.4. The third-order valence-electron chi connectivity index (χ3n) is 2.15. The van der Waals surface area contributed by atoms with Crippen molar-refractivity contribution < 1.29 is 19.4 Å². The Balaban J connectivity index is 2.33. The quantitative estimate of drug-likeness (QED) is 0.736. The molecule has 0 aliphatic carbocycles. The van der Waals surface area contributed by atoms with E-state index in [9.17, 15) is 9.90 Å². The fourth-order valence-electron chi connectivity index (χ4n) is 1.27. The summed E-state index contributed by atoms with van der Waals surface area (Å²) in [7, 11) is 1.49. The van der Waals surface area contributed by atoms with E-state index in [1.165, 1.54) is 7.11 Å². The standard InChI is InChI=1S/C12H15Br2NO4/c1-18-6-9(16)5-15-12(17)7-19-11-3-2-8(13)4-10(11)14/h2-4,9,16H,5-7H2,1H3,(H,15,17). The summed E-state index contributed by atoms with van der Waals surface area (Å²) < 4.78 is 11.8. The number of halogens is 2. The maximum Gasteiger partial charge on any atom is 0.258 e. The van der Waals surface area contributed by atoms with Crippen molar-refractivity contribution in [3.8, 4) is 5.75 Å². The molecule has 0 radical (unpaired) electrons. The van der Waals surface area contributed by atoms with Gasteiger partial charge in [0, 0.05) is 18.1 Å². The number of carbonyl (C=O) groups excluding carboxylic acids is 1. The Morgan fingerprint density at radius 2 is 2.21 bits per heavy atom. The lowest BCUT2D eigenvalue weighted by atomic mass is 10.3. The van der Waals surface area contributed by atoms with E-state index in [0.29, 0.717) is 5.75 Å². The average molecular weight is 397 g/mol. The van der Waals surface area contributed by atoms with E-state index in [2.05, 4.69) is 37.2 Å². The largest absolute Gasteiger partial charge is 0.483 e. The van der Waals surface area contributed by atoms with E-state index < -0.39 is 6.10 Å². The number of benzene rings is 1. The molecule has 0 saturated carbocycles. The zero-order chi connectivity index (χ0) is 14.3. The summed E-state index contributed by atoms with van der Waals surface area (Å²) >= 11 is 6.66. The van der Waals surface area contributed by atoms with Crippen LogP contribution in [0.3, 0.4) is 0 Å². The van der Waals surface area contributed by atoms with E-state index in [4.69, 9.17) is 9.47 Å². The predicted molar refractivity (Wildman–Crippen MR) is 78.2 cm³/mol. The lowest BCUT2D eigenvalue weighted by Gasteiger charge is -2.12. The molecule has 2 N–H and O–H groups in total. The predicted octanol–water partition coefficient (Wildman–Crippen LogP) is 1.71. The number of aliphatic hydroxyl groups excluding tert-OH is 1. The van der Waals surface area contributed by atoms with Gasteiger partial charge in [-0.3, -0.25) is 4.79 Å². The third kappa shape index (κ3) is 6.38. The minimum absolute atomic E-state index is 0.111. The Kier molecular flexibility index (Phi) is 7.37. The summed E-state index contributed by atoms with van der Waals surface area (Å²) in [6.07, 6.45) is -0.714. The molecule has 1 rings (SSSR count). The molecule has 19 heavy (non-hydrogen) atoms. The van der Waals surface area contributed by atoms with Gasteiger partial charge < -0.3 is 19.9 Å². The highest BCUT2D eigenvalue weighted by Crippen LogP contribution is 2.27. The Labute approximate surface area is 128 Å². The van der Waals surface area contributed by atoms with Crippen LogP contribution >= 0.6 is 31.9 Å². The molecular weight excluding hydrogens is 382 g/mol. The molecule has 0 saturated heterocycles. The van der Waals surface area contributed by atoms with E-state index >= 15 is 0 Å². The van der Waals surface area contributed by atoms with Gasteiger partial charge in [0.05, 0.1) is 17.2 Å². The van der Waals surface area contributed by atoms with Crippen LogP contribution in [0.2, 0.25) is 0 Å². The Hall–Kier alpha value is -0.630. The number of amides is 1. The van der Waals surface area contributed by atoms with Crippen LogP contribution in [0, 0.1) is 0 Å². The highest BCUT2D eigenvalue weighted by atomic mass is 79.9. The second-order valence-electron chi connectivity index (χ2n) is 3.78. The highest BCUT2D eigenvalue weighted by molar-refractivity contribution is 9.11. The topological polar surface area (TPSA) is 67.8 Å². The van der Waals surface area contributed by atoms with Gasteiger partial charge in [-0.25, -0.2) is 0 Å². The molecule has 106 valence electrons. The van der Waals surface area contributed by atoms with Gasteiger partial charge in [-0.1, -0.05) is 15.9 Å². The van der Waals surface area contributed by atoms with Crippen molar-refractivity contribution >= 4 is 37.8 Å². The second-order valence-corrected chi connectivity index (χ2v) is 5.55. The summed E-state index contributed by atoms with van der Waals surface area (Å²) in [4.78, 5) is 11.5.